The highest BCUT2D eigenvalue weighted by atomic mass is 35.5. The molecule has 0 aliphatic heterocycles. The van der Waals surface area contributed by atoms with Gasteiger partial charge < -0.3 is 0 Å². The molecule has 0 saturated heterocycles. The molecule has 0 atom stereocenters. The maximum atomic E-state index is 12.3. The lowest BCUT2D eigenvalue weighted by atomic mass is 10.2. The van der Waals surface area contributed by atoms with Crippen LogP contribution in [0.1, 0.15) is 15.9 Å². The van der Waals surface area contributed by atoms with E-state index in [-0.39, 0.29) is 26.9 Å². The Morgan fingerprint density at radius 1 is 1.03 bits per heavy atom. The Bertz CT molecular complexity index is 1250. The first-order valence-electron chi connectivity index (χ1n) is 8.71. The molecule has 9 nitrogen and oxygen atoms in total. The van der Waals surface area contributed by atoms with E-state index >= 15 is 0 Å². The van der Waals surface area contributed by atoms with Crippen molar-refractivity contribution in [1.82, 2.24) is 5.43 Å². The average Bonchev–Trinajstić information content (AvgIpc) is 2.75. The number of nitro groups is 1. The molecule has 3 rings (SSSR count). The van der Waals surface area contributed by atoms with E-state index in [9.17, 15) is 23.3 Å². The Hall–Kier alpha value is -3.76. The van der Waals surface area contributed by atoms with Crippen molar-refractivity contribution in [3.63, 3.8) is 0 Å². The van der Waals surface area contributed by atoms with Crippen molar-refractivity contribution in [2.24, 2.45) is 5.10 Å². The van der Waals surface area contributed by atoms with Gasteiger partial charge in [0.2, 0.25) is 0 Å². The van der Waals surface area contributed by atoms with Gasteiger partial charge in [-0.2, -0.15) is 5.10 Å². The number of sulfonamides is 1. The van der Waals surface area contributed by atoms with Crippen molar-refractivity contribution in [2.45, 2.75) is 4.90 Å². The first-order chi connectivity index (χ1) is 14.8. The summed E-state index contributed by atoms with van der Waals surface area (Å²) < 4.78 is 27.1. The third-order valence-corrected chi connectivity index (χ3v) is 5.72. The van der Waals surface area contributed by atoms with E-state index in [1.165, 1.54) is 60.8 Å². The summed E-state index contributed by atoms with van der Waals surface area (Å²) >= 11 is 5.74. The van der Waals surface area contributed by atoms with Gasteiger partial charge in [-0.25, -0.2) is 13.8 Å². The van der Waals surface area contributed by atoms with Gasteiger partial charge in [0.15, 0.2) is 0 Å². The topological polar surface area (TPSA) is 131 Å². The molecule has 0 heterocycles. The molecule has 0 aliphatic rings. The number of anilines is 1. The van der Waals surface area contributed by atoms with Crippen LogP contribution in [0.25, 0.3) is 0 Å². The number of amides is 1. The third-order valence-electron chi connectivity index (χ3n) is 4.00. The summed E-state index contributed by atoms with van der Waals surface area (Å²) in [5, 5.41) is 14.7. The third kappa shape index (κ3) is 5.65. The second-order valence-electron chi connectivity index (χ2n) is 6.16. The molecule has 0 fully saturated rings. The standard InChI is InChI=1S/C20H15ClN4O5S/c21-18-11-6-14(12-19(18)25(27)28)13-22-23-20(26)15-7-9-16(10-8-15)24-31(29,30)17-4-2-1-3-5-17/h1-13,24H,(H,23,26). The lowest BCUT2D eigenvalue weighted by Crippen LogP contribution is -2.18. The van der Waals surface area contributed by atoms with E-state index in [2.05, 4.69) is 15.2 Å². The van der Waals surface area contributed by atoms with Gasteiger partial charge in [-0.3, -0.25) is 19.6 Å². The van der Waals surface area contributed by atoms with Crippen molar-refractivity contribution >= 4 is 45.1 Å². The zero-order valence-electron chi connectivity index (χ0n) is 15.7. The fourth-order valence-corrected chi connectivity index (χ4v) is 3.75. The van der Waals surface area contributed by atoms with Crippen LogP contribution in [0.4, 0.5) is 11.4 Å². The maximum absolute atomic E-state index is 12.3. The quantitative estimate of drug-likeness (QED) is 0.315. The van der Waals surface area contributed by atoms with Gasteiger partial charge in [-0.1, -0.05) is 35.9 Å². The number of nitrogens with one attached hydrogen (secondary N) is 2. The highest BCUT2D eigenvalue weighted by molar-refractivity contribution is 7.92. The number of rotatable bonds is 7. The van der Waals surface area contributed by atoms with Crippen molar-refractivity contribution in [3.8, 4) is 0 Å². The van der Waals surface area contributed by atoms with Crippen LogP contribution < -0.4 is 10.1 Å². The molecule has 3 aromatic carbocycles. The molecule has 0 bridgehead atoms. The largest absolute Gasteiger partial charge is 0.288 e. The smallest absolute Gasteiger partial charge is 0.280 e. The number of nitro benzene ring substituents is 1. The number of nitrogens with zero attached hydrogens (tertiary/aromatic N) is 2. The van der Waals surface area contributed by atoms with Crippen LogP contribution >= 0.6 is 11.6 Å². The van der Waals surface area contributed by atoms with Crippen LogP contribution in [-0.4, -0.2) is 25.5 Å². The number of carbonyl (C=O) groups excluding carboxylic acids is 1. The van der Waals surface area contributed by atoms with Crippen molar-refractivity contribution in [2.75, 3.05) is 4.72 Å². The van der Waals surface area contributed by atoms with E-state index in [1.807, 2.05) is 0 Å². The minimum absolute atomic E-state index is 0.00540. The average molecular weight is 459 g/mol. The predicted molar refractivity (Wildman–Crippen MR) is 117 cm³/mol. The first-order valence-corrected chi connectivity index (χ1v) is 10.6. The van der Waals surface area contributed by atoms with Gasteiger partial charge in [-0.05, 0) is 42.5 Å². The molecule has 1 amide bonds. The van der Waals surface area contributed by atoms with Gasteiger partial charge in [0.05, 0.1) is 16.0 Å². The predicted octanol–water partition coefficient (Wildman–Crippen LogP) is 3.81. The molecule has 0 aliphatic carbocycles. The highest BCUT2D eigenvalue weighted by Gasteiger charge is 2.14. The van der Waals surface area contributed by atoms with Crippen LogP contribution in [0, 0.1) is 10.1 Å². The van der Waals surface area contributed by atoms with Crippen LogP contribution in [0.5, 0.6) is 0 Å². The van der Waals surface area contributed by atoms with Crippen LogP contribution in [0.2, 0.25) is 5.02 Å². The van der Waals surface area contributed by atoms with E-state index in [0.717, 1.165) is 0 Å². The molecule has 0 spiro atoms. The molecule has 158 valence electrons. The minimum Gasteiger partial charge on any atom is -0.280 e. The number of hydrogen-bond acceptors (Lipinski definition) is 6. The SMILES string of the molecule is O=C(NN=Cc1ccc(Cl)c([N+](=O)[O-])c1)c1ccc(NS(=O)(=O)c2ccccc2)cc1. The molecule has 0 aromatic heterocycles. The summed E-state index contributed by atoms with van der Waals surface area (Å²) in [6, 6.07) is 17.7. The van der Waals surface area contributed by atoms with E-state index < -0.39 is 20.9 Å². The summed E-state index contributed by atoms with van der Waals surface area (Å²) in [4.78, 5) is 22.6. The van der Waals surface area contributed by atoms with Crippen molar-refractivity contribution < 1.29 is 18.1 Å². The summed E-state index contributed by atoms with van der Waals surface area (Å²) in [5.74, 6) is -0.544. The molecule has 0 radical (unpaired) electrons. The maximum Gasteiger partial charge on any atom is 0.288 e. The zero-order valence-corrected chi connectivity index (χ0v) is 17.3. The number of benzene rings is 3. The van der Waals surface area contributed by atoms with E-state index in [0.29, 0.717) is 5.56 Å². The van der Waals surface area contributed by atoms with Gasteiger partial charge in [-0.15, -0.1) is 0 Å². The molecule has 0 saturated carbocycles. The molecule has 2 N–H and O–H groups in total. The summed E-state index contributed by atoms with van der Waals surface area (Å²) in [7, 11) is -3.74. The molecule has 31 heavy (non-hydrogen) atoms. The first kappa shape index (κ1) is 21.9. The summed E-state index contributed by atoms with van der Waals surface area (Å²) in [5.41, 5.74) is 2.92. The Kier molecular flexibility index (Phi) is 6.63. The number of hydrazone groups is 1. The lowest BCUT2D eigenvalue weighted by molar-refractivity contribution is -0.384. The fraction of sp³-hybridized carbons (Fsp3) is 0. The van der Waals surface area contributed by atoms with Crippen LogP contribution in [0.15, 0.2) is 82.8 Å². The minimum atomic E-state index is -3.74. The molecular formula is C20H15ClN4O5S. The van der Waals surface area contributed by atoms with Crippen molar-refractivity contribution in [1.29, 1.82) is 0 Å². The number of halogens is 1. The van der Waals surface area contributed by atoms with E-state index in [1.54, 1.807) is 18.2 Å². The monoisotopic (exact) mass is 458 g/mol. The van der Waals surface area contributed by atoms with Crippen molar-refractivity contribution in [3.05, 3.63) is 99.1 Å². The molecule has 11 heteroatoms. The Balaban J connectivity index is 1.64. The number of hydrogen-bond donors (Lipinski definition) is 2. The van der Waals surface area contributed by atoms with Gasteiger partial charge in [0, 0.05) is 22.9 Å². The molecule has 0 unspecified atom stereocenters. The Morgan fingerprint density at radius 2 is 1.71 bits per heavy atom. The van der Waals surface area contributed by atoms with Crippen LogP contribution in [0.3, 0.4) is 0 Å². The zero-order chi connectivity index (χ0) is 22.4. The second kappa shape index (κ2) is 9.37. The Labute approximate surface area is 182 Å². The highest BCUT2D eigenvalue weighted by Crippen LogP contribution is 2.24. The second-order valence-corrected chi connectivity index (χ2v) is 8.25. The molecular weight excluding hydrogens is 444 g/mol. The van der Waals surface area contributed by atoms with Gasteiger partial charge in [0.1, 0.15) is 5.02 Å². The lowest BCUT2D eigenvalue weighted by Gasteiger charge is -2.08. The van der Waals surface area contributed by atoms with Gasteiger partial charge >= 0.3 is 0 Å². The fourth-order valence-electron chi connectivity index (χ4n) is 2.48. The summed E-state index contributed by atoms with van der Waals surface area (Å²) in [6.07, 6.45) is 1.24. The molecule has 3 aromatic rings. The summed E-state index contributed by atoms with van der Waals surface area (Å²) in [6.45, 7) is 0. The van der Waals surface area contributed by atoms with Gasteiger partial charge in [0.25, 0.3) is 21.6 Å². The van der Waals surface area contributed by atoms with E-state index in [4.69, 9.17) is 11.6 Å². The number of carbonyl (C=O) groups is 1. The van der Waals surface area contributed by atoms with Crippen LogP contribution in [-0.2, 0) is 10.0 Å². The normalized spacial score (nSPS) is 11.3. The Morgan fingerprint density at radius 3 is 2.35 bits per heavy atom.